The van der Waals surface area contributed by atoms with Crippen molar-refractivity contribution in [1.82, 2.24) is 5.32 Å². The van der Waals surface area contributed by atoms with E-state index in [1.807, 2.05) is 0 Å². The van der Waals surface area contributed by atoms with Crippen LogP contribution in [0.25, 0.3) is 0 Å². The zero-order valence-electron chi connectivity index (χ0n) is 5.61. The molecule has 1 aliphatic carbocycles. The van der Waals surface area contributed by atoms with Crippen LogP contribution in [0, 0.1) is 5.41 Å². The lowest BCUT2D eigenvalue weighted by Crippen LogP contribution is -2.68. The molecule has 2 rings (SSSR count). The molecule has 2 fully saturated rings. The molecule has 0 aromatic rings. The monoisotopic (exact) mass is 125 g/mol. The van der Waals surface area contributed by atoms with E-state index in [2.05, 4.69) is 12.2 Å². The maximum absolute atomic E-state index is 10.9. The van der Waals surface area contributed by atoms with E-state index < -0.39 is 0 Å². The summed E-state index contributed by atoms with van der Waals surface area (Å²) in [5, 5.41) is 2.86. The second-order valence-corrected chi connectivity index (χ2v) is 3.20. The largest absolute Gasteiger partial charge is 0.352 e. The summed E-state index contributed by atoms with van der Waals surface area (Å²) in [6.07, 6.45) is 3.50. The van der Waals surface area contributed by atoms with Crippen molar-refractivity contribution in [2.45, 2.75) is 32.2 Å². The fraction of sp³-hybridized carbons (Fsp3) is 0.857. The van der Waals surface area contributed by atoms with Gasteiger partial charge in [-0.2, -0.15) is 0 Å². The van der Waals surface area contributed by atoms with Crippen molar-refractivity contribution in [1.29, 1.82) is 0 Å². The first-order valence-electron chi connectivity index (χ1n) is 3.57. The SMILES string of the molecule is CC1NC(=O)C12CCC2. The van der Waals surface area contributed by atoms with Crippen molar-refractivity contribution < 1.29 is 4.79 Å². The van der Waals surface area contributed by atoms with Crippen LogP contribution < -0.4 is 5.32 Å². The summed E-state index contributed by atoms with van der Waals surface area (Å²) >= 11 is 0. The predicted molar refractivity (Wildman–Crippen MR) is 33.9 cm³/mol. The number of carbonyl (C=O) groups excluding carboxylic acids is 1. The summed E-state index contributed by atoms with van der Waals surface area (Å²) in [5.41, 5.74) is 0.111. The number of carbonyl (C=O) groups is 1. The summed E-state index contributed by atoms with van der Waals surface area (Å²) in [4.78, 5) is 10.9. The normalized spacial score (nSPS) is 37.0. The summed E-state index contributed by atoms with van der Waals surface area (Å²) in [7, 11) is 0. The van der Waals surface area contributed by atoms with Gasteiger partial charge in [0, 0.05) is 6.04 Å². The van der Waals surface area contributed by atoms with Crippen molar-refractivity contribution in [2.75, 3.05) is 0 Å². The Balaban J connectivity index is 2.17. The molecule has 1 saturated heterocycles. The molecule has 1 saturated carbocycles. The minimum atomic E-state index is 0.111. The van der Waals surface area contributed by atoms with E-state index in [-0.39, 0.29) is 5.41 Å². The molecule has 1 N–H and O–H groups in total. The molecule has 2 heteroatoms. The van der Waals surface area contributed by atoms with Crippen LogP contribution in [-0.4, -0.2) is 11.9 Å². The fourth-order valence-corrected chi connectivity index (χ4v) is 1.82. The molecule has 2 nitrogen and oxygen atoms in total. The molecule has 50 valence electrons. The zero-order chi connectivity index (χ0) is 6.48. The highest BCUT2D eigenvalue weighted by molar-refractivity contribution is 5.90. The van der Waals surface area contributed by atoms with Gasteiger partial charge in [0.25, 0.3) is 0 Å². The van der Waals surface area contributed by atoms with E-state index in [0.29, 0.717) is 11.9 Å². The molecule has 0 aromatic carbocycles. The van der Waals surface area contributed by atoms with Gasteiger partial charge in [0.2, 0.25) is 5.91 Å². The highest BCUT2D eigenvalue weighted by atomic mass is 16.2. The van der Waals surface area contributed by atoms with Crippen molar-refractivity contribution in [3.05, 3.63) is 0 Å². The first-order chi connectivity index (χ1) is 4.26. The lowest BCUT2D eigenvalue weighted by Gasteiger charge is -2.53. The molecular formula is C7H11NO. The Morgan fingerprint density at radius 1 is 1.67 bits per heavy atom. The molecule has 1 atom stereocenters. The van der Waals surface area contributed by atoms with Gasteiger partial charge in [-0.05, 0) is 19.8 Å². The Kier molecular flexibility index (Phi) is 0.765. The quantitative estimate of drug-likeness (QED) is 0.474. The highest BCUT2D eigenvalue weighted by Gasteiger charge is 2.56. The third-order valence-electron chi connectivity index (χ3n) is 2.87. The van der Waals surface area contributed by atoms with Crippen LogP contribution in [-0.2, 0) is 4.79 Å². The Morgan fingerprint density at radius 2 is 2.33 bits per heavy atom. The third kappa shape index (κ3) is 0.406. The molecule has 1 spiro atoms. The van der Waals surface area contributed by atoms with Crippen molar-refractivity contribution in [2.24, 2.45) is 5.41 Å². The summed E-state index contributed by atoms with van der Waals surface area (Å²) in [6.45, 7) is 2.10. The number of hydrogen-bond donors (Lipinski definition) is 1. The fourth-order valence-electron chi connectivity index (χ4n) is 1.82. The van der Waals surface area contributed by atoms with Crippen LogP contribution in [0.5, 0.6) is 0 Å². The van der Waals surface area contributed by atoms with Gasteiger partial charge < -0.3 is 5.32 Å². The number of hydrogen-bond acceptors (Lipinski definition) is 1. The third-order valence-corrected chi connectivity index (χ3v) is 2.87. The lowest BCUT2D eigenvalue weighted by molar-refractivity contribution is -0.153. The van der Waals surface area contributed by atoms with E-state index >= 15 is 0 Å². The van der Waals surface area contributed by atoms with Gasteiger partial charge in [0.05, 0.1) is 5.41 Å². The van der Waals surface area contributed by atoms with Gasteiger partial charge in [0.1, 0.15) is 0 Å². The maximum atomic E-state index is 10.9. The molecule has 1 unspecified atom stereocenters. The van der Waals surface area contributed by atoms with Crippen molar-refractivity contribution in [3.63, 3.8) is 0 Å². The van der Waals surface area contributed by atoms with E-state index in [1.54, 1.807) is 0 Å². The van der Waals surface area contributed by atoms with Crippen LogP contribution in [0.1, 0.15) is 26.2 Å². The topological polar surface area (TPSA) is 29.1 Å². The lowest BCUT2D eigenvalue weighted by atomic mass is 9.59. The highest BCUT2D eigenvalue weighted by Crippen LogP contribution is 2.48. The average molecular weight is 125 g/mol. The van der Waals surface area contributed by atoms with Gasteiger partial charge in [-0.1, -0.05) is 6.42 Å². The van der Waals surface area contributed by atoms with Crippen molar-refractivity contribution >= 4 is 5.91 Å². The Hall–Kier alpha value is -0.530. The molecular weight excluding hydrogens is 114 g/mol. The second-order valence-electron chi connectivity index (χ2n) is 3.20. The minimum Gasteiger partial charge on any atom is -0.352 e. The minimum absolute atomic E-state index is 0.111. The van der Waals surface area contributed by atoms with E-state index in [1.165, 1.54) is 6.42 Å². The molecule has 2 aliphatic rings. The van der Waals surface area contributed by atoms with Gasteiger partial charge in [-0.25, -0.2) is 0 Å². The van der Waals surface area contributed by atoms with Crippen LogP contribution in [0.3, 0.4) is 0 Å². The smallest absolute Gasteiger partial charge is 0.228 e. The van der Waals surface area contributed by atoms with Crippen LogP contribution in [0.2, 0.25) is 0 Å². The molecule has 0 aromatic heterocycles. The average Bonchev–Trinajstić information content (AvgIpc) is 1.60. The van der Waals surface area contributed by atoms with Crippen LogP contribution in [0.15, 0.2) is 0 Å². The van der Waals surface area contributed by atoms with Gasteiger partial charge in [-0.15, -0.1) is 0 Å². The predicted octanol–water partition coefficient (Wildman–Crippen LogP) is 0.675. The van der Waals surface area contributed by atoms with Crippen LogP contribution >= 0.6 is 0 Å². The zero-order valence-corrected chi connectivity index (χ0v) is 5.61. The number of amides is 1. The Labute approximate surface area is 54.6 Å². The summed E-state index contributed by atoms with van der Waals surface area (Å²) in [6, 6.07) is 0.457. The number of β-lactam (4-membered cyclic amide) rings is 1. The van der Waals surface area contributed by atoms with E-state index in [0.717, 1.165) is 12.8 Å². The van der Waals surface area contributed by atoms with E-state index in [9.17, 15) is 4.79 Å². The number of nitrogens with one attached hydrogen (secondary N) is 1. The molecule has 0 radical (unpaired) electrons. The Morgan fingerprint density at radius 3 is 2.44 bits per heavy atom. The van der Waals surface area contributed by atoms with Crippen LogP contribution in [0.4, 0.5) is 0 Å². The standard InChI is InChI=1S/C7H11NO/c1-5-7(3-2-4-7)6(9)8-5/h5H,2-4H2,1H3,(H,8,9). The van der Waals surface area contributed by atoms with Gasteiger partial charge in [-0.3, -0.25) is 4.79 Å². The van der Waals surface area contributed by atoms with Crippen molar-refractivity contribution in [3.8, 4) is 0 Å². The second kappa shape index (κ2) is 1.31. The Bertz CT molecular complexity index is 160. The number of rotatable bonds is 0. The summed E-state index contributed by atoms with van der Waals surface area (Å²) in [5.74, 6) is 0.293. The maximum Gasteiger partial charge on any atom is 0.228 e. The van der Waals surface area contributed by atoms with E-state index in [4.69, 9.17) is 0 Å². The first-order valence-corrected chi connectivity index (χ1v) is 3.57. The first kappa shape index (κ1) is 5.27. The molecule has 1 heterocycles. The molecule has 1 amide bonds. The molecule has 9 heavy (non-hydrogen) atoms. The van der Waals surface area contributed by atoms with Gasteiger partial charge in [0.15, 0.2) is 0 Å². The summed E-state index contributed by atoms with van der Waals surface area (Å²) < 4.78 is 0. The molecule has 1 aliphatic heterocycles. The van der Waals surface area contributed by atoms with Gasteiger partial charge >= 0.3 is 0 Å². The molecule has 0 bridgehead atoms.